The zero-order chi connectivity index (χ0) is 7.84. The second-order valence-electron chi connectivity index (χ2n) is 3.62. The van der Waals surface area contributed by atoms with Crippen LogP contribution in [-0.4, -0.2) is 36.9 Å². The van der Waals surface area contributed by atoms with Crippen molar-refractivity contribution in [2.75, 3.05) is 13.7 Å². The maximum atomic E-state index is 5.81. The first-order valence-corrected chi connectivity index (χ1v) is 4.38. The van der Waals surface area contributed by atoms with Gasteiger partial charge in [0.05, 0.1) is 6.61 Å². The standard InChI is InChI=1S/C8H16N2O.2ClH/c1-10-6-3-2-4-7(10)8(9)11-5-6;;/h6-8H,2-5,9H2,1H3;2*1H. The summed E-state index contributed by atoms with van der Waals surface area (Å²) >= 11 is 0. The van der Waals surface area contributed by atoms with E-state index in [2.05, 4.69) is 11.9 Å². The fourth-order valence-electron chi connectivity index (χ4n) is 2.17. The zero-order valence-electron chi connectivity index (χ0n) is 7.81. The molecule has 2 aliphatic heterocycles. The second kappa shape index (κ2) is 5.37. The first-order valence-electron chi connectivity index (χ1n) is 4.38. The Kier molecular flexibility index (Phi) is 5.56. The molecule has 80 valence electrons. The molecular weight excluding hydrogens is 211 g/mol. The number of hydrogen-bond acceptors (Lipinski definition) is 3. The van der Waals surface area contributed by atoms with E-state index in [4.69, 9.17) is 10.5 Å². The maximum Gasteiger partial charge on any atom is 0.121 e. The number of piperidine rings is 1. The van der Waals surface area contributed by atoms with E-state index in [1.54, 1.807) is 0 Å². The average molecular weight is 229 g/mol. The third kappa shape index (κ3) is 2.48. The predicted molar refractivity (Wildman–Crippen MR) is 57.6 cm³/mol. The van der Waals surface area contributed by atoms with E-state index in [0.717, 1.165) is 6.61 Å². The number of nitrogens with zero attached hydrogens (tertiary/aromatic N) is 1. The number of likely N-dealkylation sites (N-methyl/N-ethyl adjacent to an activating group) is 1. The maximum absolute atomic E-state index is 5.81. The van der Waals surface area contributed by atoms with Crippen LogP contribution >= 0.6 is 24.8 Å². The summed E-state index contributed by atoms with van der Waals surface area (Å²) in [5.74, 6) is 0. The molecule has 0 radical (unpaired) electrons. The molecule has 3 nitrogen and oxygen atoms in total. The number of rotatable bonds is 0. The number of nitrogens with two attached hydrogens (primary N) is 1. The van der Waals surface area contributed by atoms with Gasteiger partial charge in [0, 0.05) is 12.1 Å². The lowest BCUT2D eigenvalue weighted by Crippen LogP contribution is -2.60. The molecule has 0 saturated carbocycles. The van der Waals surface area contributed by atoms with Crippen LogP contribution in [0.3, 0.4) is 0 Å². The molecule has 0 aliphatic carbocycles. The smallest absolute Gasteiger partial charge is 0.121 e. The molecule has 2 rings (SSSR count). The molecule has 0 aromatic rings. The van der Waals surface area contributed by atoms with E-state index in [0.29, 0.717) is 12.1 Å². The van der Waals surface area contributed by atoms with Crippen LogP contribution in [0.5, 0.6) is 0 Å². The fourth-order valence-corrected chi connectivity index (χ4v) is 2.17. The lowest BCUT2D eigenvalue weighted by atomic mass is 9.94. The molecule has 2 aliphatic rings. The normalized spacial score (nSPS) is 38.8. The van der Waals surface area contributed by atoms with Crippen molar-refractivity contribution in [1.29, 1.82) is 0 Å². The molecule has 2 N–H and O–H groups in total. The van der Waals surface area contributed by atoms with Gasteiger partial charge in [-0.3, -0.25) is 4.90 Å². The highest BCUT2D eigenvalue weighted by molar-refractivity contribution is 5.85. The van der Waals surface area contributed by atoms with E-state index in [9.17, 15) is 0 Å². The van der Waals surface area contributed by atoms with Crippen molar-refractivity contribution >= 4 is 24.8 Å². The quantitative estimate of drug-likeness (QED) is 0.673. The van der Waals surface area contributed by atoms with E-state index in [1.165, 1.54) is 19.3 Å². The Balaban J connectivity index is 0.000000720. The molecule has 0 amide bonds. The van der Waals surface area contributed by atoms with Gasteiger partial charge in [0.2, 0.25) is 0 Å². The topological polar surface area (TPSA) is 38.5 Å². The van der Waals surface area contributed by atoms with Gasteiger partial charge in [-0.15, -0.1) is 24.8 Å². The van der Waals surface area contributed by atoms with Crippen LogP contribution in [-0.2, 0) is 4.74 Å². The van der Waals surface area contributed by atoms with Crippen molar-refractivity contribution in [3.63, 3.8) is 0 Å². The van der Waals surface area contributed by atoms with Crippen LogP contribution in [0.2, 0.25) is 0 Å². The van der Waals surface area contributed by atoms with Gasteiger partial charge in [-0.05, 0) is 19.9 Å². The van der Waals surface area contributed by atoms with Crippen LogP contribution in [0, 0.1) is 0 Å². The summed E-state index contributed by atoms with van der Waals surface area (Å²) in [5, 5.41) is 0. The van der Waals surface area contributed by atoms with Crippen LogP contribution in [0.1, 0.15) is 19.3 Å². The summed E-state index contributed by atoms with van der Waals surface area (Å²) in [5.41, 5.74) is 5.81. The largest absolute Gasteiger partial charge is 0.360 e. The Bertz CT molecular complexity index is 159. The lowest BCUT2D eigenvalue weighted by molar-refractivity contribution is -0.110. The minimum atomic E-state index is -0.0449. The van der Waals surface area contributed by atoms with Gasteiger partial charge in [-0.2, -0.15) is 0 Å². The average Bonchev–Trinajstić information content (AvgIpc) is 1.98. The van der Waals surface area contributed by atoms with Crippen LogP contribution in [0.15, 0.2) is 0 Å². The Morgan fingerprint density at radius 2 is 2.00 bits per heavy atom. The second-order valence-corrected chi connectivity index (χ2v) is 3.62. The highest BCUT2D eigenvalue weighted by atomic mass is 35.5. The van der Waals surface area contributed by atoms with Crippen molar-refractivity contribution in [3.8, 4) is 0 Å². The molecule has 2 fully saturated rings. The third-order valence-corrected chi connectivity index (χ3v) is 3.00. The molecular formula is C8H18Cl2N2O. The minimum absolute atomic E-state index is 0. The van der Waals surface area contributed by atoms with Gasteiger partial charge in [-0.25, -0.2) is 0 Å². The first-order chi connectivity index (χ1) is 5.29. The van der Waals surface area contributed by atoms with Crippen LogP contribution in [0.4, 0.5) is 0 Å². The molecule has 5 heteroatoms. The lowest BCUT2D eigenvalue weighted by Gasteiger charge is -2.46. The van der Waals surface area contributed by atoms with E-state index in [1.807, 2.05) is 0 Å². The summed E-state index contributed by atoms with van der Waals surface area (Å²) in [6.07, 6.45) is 3.75. The SMILES string of the molecule is CN1C2CCCC1C(N)OC2.Cl.Cl. The van der Waals surface area contributed by atoms with Crippen molar-refractivity contribution in [3.05, 3.63) is 0 Å². The zero-order valence-corrected chi connectivity index (χ0v) is 9.44. The Morgan fingerprint density at radius 3 is 2.62 bits per heavy atom. The Morgan fingerprint density at radius 1 is 1.31 bits per heavy atom. The van der Waals surface area contributed by atoms with E-state index >= 15 is 0 Å². The first kappa shape index (κ1) is 13.5. The third-order valence-electron chi connectivity index (χ3n) is 3.00. The van der Waals surface area contributed by atoms with Crippen molar-refractivity contribution in [2.45, 2.75) is 37.6 Å². The van der Waals surface area contributed by atoms with Crippen molar-refractivity contribution in [2.24, 2.45) is 5.73 Å². The number of hydrogen-bond donors (Lipinski definition) is 1. The summed E-state index contributed by atoms with van der Waals surface area (Å²) < 4.78 is 5.45. The number of morpholine rings is 1. The monoisotopic (exact) mass is 228 g/mol. The highest BCUT2D eigenvalue weighted by Crippen LogP contribution is 2.27. The number of ether oxygens (including phenoxy) is 1. The summed E-state index contributed by atoms with van der Waals surface area (Å²) in [6.45, 7) is 0.828. The summed E-state index contributed by atoms with van der Waals surface area (Å²) in [4.78, 5) is 2.39. The Labute approximate surface area is 91.8 Å². The van der Waals surface area contributed by atoms with Gasteiger partial charge < -0.3 is 10.5 Å². The molecule has 3 atom stereocenters. The molecule has 2 heterocycles. The van der Waals surface area contributed by atoms with Gasteiger partial charge in [0.1, 0.15) is 6.23 Å². The highest BCUT2D eigenvalue weighted by Gasteiger charge is 2.36. The van der Waals surface area contributed by atoms with Crippen LogP contribution in [0.25, 0.3) is 0 Å². The van der Waals surface area contributed by atoms with Crippen LogP contribution < -0.4 is 5.73 Å². The molecule has 0 spiro atoms. The number of fused-ring (bicyclic) bond motifs is 2. The van der Waals surface area contributed by atoms with E-state index in [-0.39, 0.29) is 31.0 Å². The Hall–Kier alpha value is 0.460. The molecule has 0 aromatic carbocycles. The van der Waals surface area contributed by atoms with Gasteiger partial charge in [0.25, 0.3) is 0 Å². The van der Waals surface area contributed by atoms with Gasteiger partial charge in [0.15, 0.2) is 0 Å². The molecule has 13 heavy (non-hydrogen) atoms. The van der Waals surface area contributed by atoms with Crippen molar-refractivity contribution in [1.82, 2.24) is 4.90 Å². The van der Waals surface area contributed by atoms with Gasteiger partial charge >= 0.3 is 0 Å². The summed E-state index contributed by atoms with van der Waals surface area (Å²) in [7, 11) is 2.16. The molecule has 3 unspecified atom stereocenters. The van der Waals surface area contributed by atoms with Crippen molar-refractivity contribution < 1.29 is 4.74 Å². The van der Waals surface area contributed by atoms with E-state index < -0.39 is 0 Å². The predicted octanol–water partition coefficient (Wildman–Crippen LogP) is 0.998. The molecule has 2 saturated heterocycles. The van der Waals surface area contributed by atoms with Gasteiger partial charge in [-0.1, -0.05) is 6.42 Å². The number of halogens is 2. The fraction of sp³-hybridized carbons (Fsp3) is 1.00. The summed E-state index contributed by atoms with van der Waals surface area (Å²) in [6, 6.07) is 1.11. The minimum Gasteiger partial charge on any atom is -0.360 e. The molecule has 0 aromatic heterocycles. The molecule has 2 bridgehead atoms.